The van der Waals surface area contributed by atoms with Gasteiger partial charge < -0.3 is 5.11 Å². The second kappa shape index (κ2) is 15.6. The molecule has 0 bridgehead atoms. The highest BCUT2D eigenvalue weighted by Gasteiger charge is 2.24. The number of pyridine rings is 1. The Morgan fingerprint density at radius 2 is 1.27 bits per heavy atom. The van der Waals surface area contributed by atoms with E-state index in [0.717, 1.165) is 78.0 Å². The summed E-state index contributed by atoms with van der Waals surface area (Å²) in [5.41, 5.74) is 14.8. The summed E-state index contributed by atoms with van der Waals surface area (Å²) in [6.45, 7) is 8.34. The number of phenols is 1. The fourth-order valence-corrected chi connectivity index (χ4v) is 8.29. The van der Waals surface area contributed by atoms with Crippen molar-refractivity contribution in [1.82, 2.24) is 14.5 Å². The SMILES string of the molecule is [2H]C([2H])([2H])c1ccc(-c2ccnc(-c3cc(-c4ccccc4)cc(-c4cccc5c4nc(-c4ccccc4O)n5-c4ccc(-c5ccccc5C(C)(C)C)c(C([2H])(C)C)c4)c3)c2)cc1. The molecule has 0 fully saturated rings. The lowest BCUT2D eigenvalue weighted by Gasteiger charge is -2.25. The number of hydrogen-bond donors (Lipinski definition) is 1. The molecule has 1 N–H and O–H groups in total. The molecule has 0 amide bonds. The van der Waals surface area contributed by atoms with Crippen LogP contribution in [-0.4, -0.2) is 19.6 Å². The Morgan fingerprint density at radius 3 is 2.02 bits per heavy atom. The number of aromatic hydroxyl groups is 1. The maximum absolute atomic E-state index is 11.4. The van der Waals surface area contributed by atoms with Gasteiger partial charge in [0.15, 0.2) is 0 Å². The summed E-state index contributed by atoms with van der Waals surface area (Å²) in [5.74, 6) is -0.256. The molecular weight excluding hydrogens is 731 g/mol. The number of rotatable bonds is 8. The third-order valence-corrected chi connectivity index (χ3v) is 11.3. The minimum Gasteiger partial charge on any atom is -0.507 e. The van der Waals surface area contributed by atoms with Crippen molar-refractivity contribution in [2.75, 3.05) is 0 Å². The summed E-state index contributed by atoms with van der Waals surface area (Å²) in [5, 5.41) is 11.4. The maximum atomic E-state index is 11.4. The van der Waals surface area contributed by atoms with E-state index in [1.54, 1.807) is 24.4 Å². The Hall–Kier alpha value is -7.04. The molecule has 0 saturated carbocycles. The lowest BCUT2D eigenvalue weighted by Crippen LogP contribution is -2.13. The number of phenolic OH excluding ortho intramolecular Hbond substituents is 1. The Labute approximate surface area is 359 Å². The first-order valence-corrected chi connectivity index (χ1v) is 20.4. The first-order chi connectivity index (χ1) is 30.5. The molecule has 0 saturated heterocycles. The van der Waals surface area contributed by atoms with Gasteiger partial charge in [-0.3, -0.25) is 9.55 Å². The van der Waals surface area contributed by atoms with Crippen LogP contribution >= 0.6 is 0 Å². The van der Waals surface area contributed by atoms with Crippen molar-refractivity contribution in [1.29, 1.82) is 0 Å². The summed E-state index contributed by atoms with van der Waals surface area (Å²) in [4.78, 5) is 10.3. The molecule has 4 nitrogen and oxygen atoms in total. The van der Waals surface area contributed by atoms with E-state index in [-0.39, 0.29) is 11.2 Å². The highest BCUT2D eigenvalue weighted by atomic mass is 16.3. The third kappa shape index (κ3) is 7.30. The third-order valence-electron chi connectivity index (χ3n) is 11.3. The minimum absolute atomic E-state index is 0.112. The van der Waals surface area contributed by atoms with Crippen molar-refractivity contribution in [3.63, 3.8) is 0 Å². The molecule has 0 unspecified atom stereocenters. The van der Waals surface area contributed by atoms with E-state index in [9.17, 15) is 6.48 Å². The van der Waals surface area contributed by atoms with Crippen LogP contribution in [0, 0.1) is 6.85 Å². The first-order valence-electron chi connectivity index (χ1n) is 22.4. The summed E-state index contributed by atoms with van der Waals surface area (Å²) >= 11 is 0. The molecule has 60 heavy (non-hydrogen) atoms. The lowest BCUT2D eigenvalue weighted by molar-refractivity contribution is 0.477. The Bertz CT molecular complexity index is 3170. The standard InChI is InChI=1S/C56H49N3O/c1-36(2)49-35-44(27-28-46(49)47-17-10-12-20-50(47)56(4,5)6)59-52-21-14-19-45(54(52)58-55(59)48-18-11-13-22-53(48)60)42-31-41(38-15-8-7-9-16-38)32-43(33-42)51-34-40(29-30-57-51)39-25-23-37(3)24-26-39/h7-36,60H,1-6H3/i3D3,36D. The van der Waals surface area contributed by atoms with Crippen LogP contribution in [0.3, 0.4) is 0 Å². The predicted molar refractivity (Wildman–Crippen MR) is 251 cm³/mol. The molecule has 9 aromatic rings. The van der Waals surface area contributed by atoms with Crippen molar-refractivity contribution >= 4 is 11.0 Å². The Balaban J connectivity index is 1.25. The van der Waals surface area contributed by atoms with Crippen LogP contribution in [0.25, 0.3) is 83.9 Å². The predicted octanol–water partition coefficient (Wildman–Crippen LogP) is 14.9. The highest BCUT2D eigenvalue weighted by Crippen LogP contribution is 2.42. The summed E-state index contributed by atoms with van der Waals surface area (Å²) < 4.78 is 35.0. The quantitative estimate of drug-likeness (QED) is 0.167. The van der Waals surface area contributed by atoms with E-state index in [0.29, 0.717) is 17.0 Å². The van der Waals surface area contributed by atoms with Gasteiger partial charge in [-0.15, -0.1) is 0 Å². The van der Waals surface area contributed by atoms with Gasteiger partial charge in [-0.1, -0.05) is 149 Å². The van der Waals surface area contributed by atoms with Crippen LogP contribution in [0.2, 0.25) is 0 Å². The number of imidazole rings is 1. The molecule has 294 valence electrons. The molecule has 2 aromatic heterocycles. The minimum atomic E-state index is -2.18. The summed E-state index contributed by atoms with van der Waals surface area (Å²) in [6, 6.07) is 56.0. The second-order valence-corrected chi connectivity index (χ2v) is 16.7. The molecule has 0 aliphatic rings. The normalized spacial score (nSPS) is 13.1. The zero-order chi connectivity index (χ0) is 45.0. The molecule has 4 heteroatoms. The van der Waals surface area contributed by atoms with Crippen LogP contribution in [0.5, 0.6) is 5.75 Å². The van der Waals surface area contributed by atoms with E-state index in [2.05, 4.69) is 110 Å². The number of fused-ring (bicyclic) bond motifs is 1. The average molecular weight is 784 g/mol. The van der Waals surface area contributed by atoms with Crippen molar-refractivity contribution in [3.8, 4) is 78.6 Å². The summed E-state index contributed by atoms with van der Waals surface area (Å²) in [7, 11) is 0. The molecular formula is C56H49N3O. The number of benzene rings is 7. The Kier molecular flexibility index (Phi) is 8.82. The Morgan fingerprint density at radius 1 is 0.583 bits per heavy atom. The maximum Gasteiger partial charge on any atom is 0.149 e. The molecule has 7 aromatic carbocycles. The van der Waals surface area contributed by atoms with Crippen molar-refractivity contribution in [2.45, 2.75) is 52.8 Å². The fraction of sp³-hybridized carbons (Fsp3) is 0.143. The van der Waals surface area contributed by atoms with E-state index >= 15 is 0 Å². The smallest absolute Gasteiger partial charge is 0.149 e. The number of hydrogen-bond acceptors (Lipinski definition) is 3. The fourth-order valence-electron chi connectivity index (χ4n) is 8.29. The van der Waals surface area contributed by atoms with Crippen molar-refractivity contribution in [2.24, 2.45) is 0 Å². The average Bonchev–Trinajstić information content (AvgIpc) is 3.68. The van der Waals surface area contributed by atoms with Crippen molar-refractivity contribution < 1.29 is 10.6 Å². The molecule has 0 radical (unpaired) electrons. The van der Waals surface area contributed by atoms with Gasteiger partial charge >= 0.3 is 0 Å². The summed E-state index contributed by atoms with van der Waals surface area (Å²) in [6.07, 6.45) is 1.79. The lowest BCUT2D eigenvalue weighted by atomic mass is 9.80. The second-order valence-electron chi connectivity index (χ2n) is 16.7. The van der Waals surface area contributed by atoms with Gasteiger partial charge in [0.1, 0.15) is 11.6 Å². The highest BCUT2D eigenvalue weighted by molar-refractivity contribution is 5.97. The van der Waals surface area contributed by atoms with Crippen molar-refractivity contribution in [3.05, 3.63) is 193 Å². The number of aryl methyl sites for hydroxylation is 1. The molecule has 2 heterocycles. The van der Waals surface area contributed by atoms with Crippen LogP contribution < -0.4 is 0 Å². The van der Waals surface area contributed by atoms with Crippen LogP contribution in [0.4, 0.5) is 0 Å². The van der Waals surface area contributed by atoms with Gasteiger partial charge in [-0.05, 0) is 129 Å². The van der Waals surface area contributed by atoms with Crippen LogP contribution in [-0.2, 0) is 5.41 Å². The number of aromatic nitrogens is 3. The molecule has 0 aliphatic heterocycles. The molecule has 0 aliphatic carbocycles. The van der Waals surface area contributed by atoms with E-state index < -0.39 is 12.7 Å². The topological polar surface area (TPSA) is 50.9 Å². The van der Waals surface area contributed by atoms with Crippen LogP contribution in [0.15, 0.2) is 176 Å². The largest absolute Gasteiger partial charge is 0.507 e. The van der Waals surface area contributed by atoms with E-state index in [4.69, 9.17) is 14.1 Å². The van der Waals surface area contributed by atoms with Gasteiger partial charge in [0.05, 0.1) is 22.3 Å². The van der Waals surface area contributed by atoms with E-state index in [1.165, 1.54) is 5.56 Å². The zero-order valence-corrected chi connectivity index (χ0v) is 34.5. The molecule has 0 atom stereocenters. The van der Waals surface area contributed by atoms with E-state index in [1.807, 2.05) is 80.6 Å². The number of para-hydroxylation sites is 2. The monoisotopic (exact) mass is 783 g/mol. The molecule has 0 spiro atoms. The van der Waals surface area contributed by atoms with Gasteiger partial charge in [0, 0.05) is 28.5 Å². The van der Waals surface area contributed by atoms with Gasteiger partial charge in [-0.2, -0.15) is 0 Å². The van der Waals surface area contributed by atoms with Crippen LogP contribution in [0.1, 0.15) is 62.7 Å². The zero-order valence-electron chi connectivity index (χ0n) is 38.5. The van der Waals surface area contributed by atoms with Gasteiger partial charge in [0.2, 0.25) is 0 Å². The number of nitrogens with zero attached hydrogens (tertiary/aromatic N) is 3. The first kappa shape index (κ1) is 33.9. The molecule has 9 rings (SSSR count). The van der Waals surface area contributed by atoms with Gasteiger partial charge in [-0.25, -0.2) is 4.98 Å². The van der Waals surface area contributed by atoms with Gasteiger partial charge in [0.25, 0.3) is 0 Å².